The van der Waals surface area contributed by atoms with E-state index in [1.807, 2.05) is 42.6 Å². The molecule has 3 rings (SSSR count). The zero-order valence-corrected chi connectivity index (χ0v) is 13.6. The summed E-state index contributed by atoms with van der Waals surface area (Å²) >= 11 is 6.05. The molecule has 0 saturated heterocycles. The minimum absolute atomic E-state index is 0.258. The van der Waals surface area contributed by atoms with Crippen molar-refractivity contribution in [1.82, 2.24) is 25.4 Å². The van der Waals surface area contributed by atoms with Crippen molar-refractivity contribution in [1.29, 1.82) is 0 Å². The van der Waals surface area contributed by atoms with Crippen LogP contribution in [-0.4, -0.2) is 20.8 Å². The first-order valence-corrected chi connectivity index (χ1v) is 7.80. The summed E-state index contributed by atoms with van der Waals surface area (Å²) in [5.41, 5.74) is 1.78. The standard InChI is InChI=1S/C17H16ClN5O/c18-15-5-2-1-4-14(15)12-21-17(24)20-11-13-6-7-16(19-10-13)23-9-3-8-22-23/h1-10H,11-12H2,(H2,20,21,24). The lowest BCUT2D eigenvalue weighted by atomic mass is 10.2. The highest BCUT2D eigenvalue weighted by atomic mass is 35.5. The molecule has 0 aliphatic heterocycles. The summed E-state index contributed by atoms with van der Waals surface area (Å²) in [6, 6.07) is 12.7. The first kappa shape index (κ1) is 16.0. The third-order valence-electron chi connectivity index (χ3n) is 3.40. The van der Waals surface area contributed by atoms with Gasteiger partial charge in [0.25, 0.3) is 0 Å². The number of halogens is 1. The molecule has 0 atom stereocenters. The third kappa shape index (κ3) is 4.11. The molecule has 24 heavy (non-hydrogen) atoms. The Balaban J connectivity index is 1.48. The van der Waals surface area contributed by atoms with Crippen LogP contribution in [0.2, 0.25) is 5.02 Å². The average Bonchev–Trinajstić information content (AvgIpc) is 3.14. The number of hydrogen-bond donors (Lipinski definition) is 2. The number of benzene rings is 1. The van der Waals surface area contributed by atoms with Crippen molar-refractivity contribution >= 4 is 17.6 Å². The maximum absolute atomic E-state index is 11.9. The molecule has 2 N–H and O–H groups in total. The van der Waals surface area contributed by atoms with Gasteiger partial charge in [0.15, 0.2) is 5.82 Å². The molecule has 2 heterocycles. The van der Waals surface area contributed by atoms with Crippen LogP contribution in [0.4, 0.5) is 4.79 Å². The van der Waals surface area contributed by atoms with Gasteiger partial charge in [0.2, 0.25) is 0 Å². The maximum Gasteiger partial charge on any atom is 0.315 e. The van der Waals surface area contributed by atoms with Crippen LogP contribution in [0.3, 0.4) is 0 Å². The van der Waals surface area contributed by atoms with Gasteiger partial charge in [-0.05, 0) is 29.3 Å². The van der Waals surface area contributed by atoms with Crippen LogP contribution >= 0.6 is 11.6 Å². The van der Waals surface area contributed by atoms with Gasteiger partial charge in [-0.3, -0.25) is 0 Å². The minimum Gasteiger partial charge on any atom is -0.334 e. The first-order chi connectivity index (χ1) is 11.7. The molecule has 6 nitrogen and oxygen atoms in total. The first-order valence-electron chi connectivity index (χ1n) is 7.42. The molecule has 0 fully saturated rings. The maximum atomic E-state index is 11.9. The summed E-state index contributed by atoms with van der Waals surface area (Å²) < 4.78 is 1.67. The van der Waals surface area contributed by atoms with Crippen molar-refractivity contribution < 1.29 is 4.79 Å². The lowest BCUT2D eigenvalue weighted by Crippen LogP contribution is -2.34. The second kappa shape index (κ2) is 7.61. The van der Waals surface area contributed by atoms with Crippen molar-refractivity contribution in [3.8, 4) is 5.82 Å². The monoisotopic (exact) mass is 341 g/mol. The van der Waals surface area contributed by atoms with Crippen molar-refractivity contribution in [2.45, 2.75) is 13.1 Å². The van der Waals surface area contributed by atoms with Gasteiger partial charge in [0.05, 0.1) is 0 Å². The predicted molar refractivity (Wildman–Crippen MR) is 91.9 cm³/mol. The zero-order chi connectivity index (χ0) is 16.8. The van der Waals surface area contributed by atoms with Gasteiger partial charge in [0, 0.05) is 36.7 Å². The summed E-state index contributed by atoms with van der Waals surface area (Å²) in [6.07, 6.45) is 5.23. The summed E-state index contributed by atoms with van der Waals surface area (Å²) in [4.78, 5) is 16.2. The molecule has 1 aromatic carbocycles. The fraction of sp³-hybridized carbons (Fsp3) is 0.118. The number of carbonyl (C=O) groups is 1. The number of amides is 2. The Morgan fingerprint density at radius 1 is 1.08 bits per heavy atom. The largest absolute Gasteiger partial charge is 0.334 e. The van der Waals surface area contributed by atoms with Gasteiger partial charge < -0.3 is 10.6 Å². The molecule has 0 saturated carbocycles. The number of carbonyl (C=O) groups excluding carboxylic acids is 1. The molecule has 0 spiro atoms. The van der Waals surface area contributed by atoms with E-state index < -0.39 is 0 Å². The molecule has 0 aliphatic carbocycles. The van der Waals surface area contributed by atoms with Crippen molar-refractivity contribution in [3.63, 3.8) is 0 Å². The van der Waals surface area contributed by atoms with E-state index in [9.17, 15) is 4.79 Å². The molecule has 7 heteroatoms. The van der Waals surface area contributed by atoms with E-state index in [0.29, 0.717) is 18.1 Å². The van der Waals surface area contributed by atoms with Crippen LogP contribution in [-0.2, 0) is 13.1 Å². The Bertz CT molecular complexity index is 802. The van der Waals surface area contributed by atoms with Gasteiger partial charge >= 0.3 is 6.03 Å². The van der Waals surface area contributed by atoms with E-state index >= 15 is 0 Å². The van der Waals surface area contributed by atoms with E-state index in [1.54, 1.807) is 23.1 Å². The lowest BCUT2D eigenvalue weighted by Gasteiger charge is -2.09. The van der Waals surface area contributed by atoms with Crippen LogP contribution in [0.1, 0.15) is 11.1 Å². The van der Waals surface area contributed by atoms with Crippen molar-refractivity contribution in [2.24, 2.45) is 0 Å². The zero-order valence-electron chi connectivity index (χ0n) is 12.8. The molecule has 0 radical (unpaired) electrons. The third-order valence-corrected chi connectivity index (χ3v) is 3.77. The van der Waals surface area contributed by atoms with Crippen LogP contribution < -0.4 is 10.6 Å². The number of aromatic nitrogens is 3. The Labute approximate surface area is 144 Å². The number of nitrogens with one attached hydrogen (secondary N) is 2. The van der Waals surface area contributed by atoms with Gasteiger partial charge in [0.1, 0.15) is 0 Å². The second-order valence-electron chi connectivity index (χ2n) is 5.10. The number of pyridine rings is 1. The Hall–Kier alpha value is -2.86. The SMILES string of the molecule is O=C(NCc1ccc(-n2cccn2)nc1)NCc1ccccc1Cl. The van der Waals surface area contributed by atoms with Gasteiger partial charge in [-0.25, -0.2) is 14.5 Å². The molecule has 0 bridgehead atoms. The summed E-state index contributed by atoms with van der Waals surface area (Å²) in [5.74, 6) is 0.729. The van der Waals surface area contributed by atoms with Crippen LogP contribution in [0.15, 0.2) is 61.1 Å². The predicted octanol–water partition coefficient (Wildman–Crippen LogP) is 2.92. The highest BCUT2D eigenvalue weighted by Crippen LogP contribution is 2.14. The smallest absolute Gasteiger partial charge is 0.315 e. The number of hydrogen-bond acceptors (Lipinski definition) is 3. The fourth-order valence-electron chi connectivity index (χ4n) is 2.12. The summed E-state index contributed by atoms with van der Waals surface area (Å²) in [6.45, 7) is 0.767. The fourth-order valence-corrected chi connectivity index (χ4v) is 2.33. The lowest BCUT2D eigenvalue weighted by molar-refractivity contribution is 0.240. The highest BCUT2D eigenvalue weighted by Gasteiger charge is 2.04. The topological polar surface area (TPSA) is 71.8 Å². The molecule has 0 unspecified atom stereocenters. The van der Waals surface area contributed by atoms with Crippen molar-refractivity contribution in [3.05, 3.63) is 77.2 Å². The molecule has 2 amide bonds. The molecule has 122 valence electrons. The van der Waals surface area contributed by atoms with E-state index in [4.69, 9.17) is 11.6 Å². The van der Waals surface area contributed by atoms with Crippen molar-refractivity contribution in [2.75, 3.05) is 0 Å². The molecular weight excluding hydrogens is 326 g/mol. The Kier molecular flexibility index (Phi) is 5.08. The molecular formula is C17H16ClN5O. The van der Waals surface area contributed by atoms with E-state index in [1.165, 1.54) is 0 Å². The van der Waals surface area contributed by atoms with Crippen LogP contribution in [0.5, 0.6) is 0 Å². The number of nitrogens with zero attached hydrogens (tertiary/aromatic N) is 3. The van der Waals surface area contributed by atoms with Gasteiger partial charge in [-0.2, -0.15) is 5.10 Å². The summed E-state index contributed by atoms with van der Waals surface area (Å²) in [7, 11) is 0. The van der Waals surface area contributed by atoms with E-state index in [2.05, 4.69) is 20.7 Å². The van der Waals surface area contributed by atoms with E-state index in [-0.39, 0.29) is 6.03 Å². The quantitative estimate of drug-likeness (QED) is 0.749. The Morgan fingerprint density at radius 3 is 2.62 bits per heavy atom. The normalized spacial score (nSPS) is 10.4. The summed E-state index contributed by atoms with van der Waals surface area (Å²) in [5, 5.41) is 10.3. The number of rotatable bonds is 5. The Morgan fingerprint density at radius 2 is 1.92 bits per heavy atom. The average molecular weight is 342 g/mol. The highest BCUT2D eigenvalue weighted by molar-refractivity contribution is 6.31. The molecule has 0 aliphatic rings. The van der Waals surface area contributed by atoms with Gasteiger partial charge in [-0.15, -0.1) is 0 Å². The molecule has 3 aromatic rings. The minimum atomic E-state index is -0.258. The second-order valence-corrected chi connectivity index (χ2v) is 5.51. The van der Waals surface area contributed by atoms with E-state index in [0.717, 1.165) is 16.9 Å². The molecule has 2 aromatic heterocycles. The van der Waals surface area contributed by atoms with Crippen LogP contribution in [0.25, 0.3) is 5.82 Å². The van der Waals surface area contributed by atoms with Gasteiger partial charge in [-0.1, -0.05) is 35.9 Å². The number of urea groups is 1. The van der Waals surface area contributed by atoms with Crippen LogP contribution in [0, 0.1) is 0 Å².